The first-order chi connectivity index (χ1) is 7.66. The largest absolute Gasteiger partial charge is 0.352 e. The number of hydrogen-bond donors (Lipinski definition) is 3. The van der Waals surface area contributed by atoms with Crippen LogP contribution in [0.4, 0.5) is 4.79 Å². The van der Waals surface area contributed by atoms with Gasteiger partial charge >= 0.3 is 6.03 Å². The fraction of sp³-hybridized carbons (Fsp3) is 0.917. The highest BCUT2D eigenvalue weighted by Crippen LogP contribution is 2.06. The fourth-order valence-corrected chi connectivity index (χ4v) is 1.66. The van der Waals surface area contributed by atoms with Crippen LogP contribution in [-0.4, -0.2) is 25.2 Å². The highest BCUT2D eigenvalue weighted by molar-refractivity contribution is 5.71. The second-order valence-corrected chi connectivity index (χ2v) is 4.35. The van der Waals surface area contributed by atoms with E-state index in [4.69, 9.17) is 5.73 Å². The van der Waals surface area contributed by atoms with Crippen molar-refractivity contribution in [3.8, 4) is 0 Å². The van der Waals surface area contributed by atoms with Gasteiger partial charge in [-0.25, -0.2) is 4.79 Å². The van der Waals surface area contributed by atoms with Gasteiger partial charge in [-0.2, -0.15) is 0 Å². The van der Waals surface area contributed by atoms with Crippen molar-refractivity contribution in [2.45, 2.75) is 58.4 Å². The minimum absolute atomic E-state index is 0.450. The molecule has 0 spiro atoms. The molecule has 0 aliphatic heterocycles. The van der Waals surface area contributed by atoms with E-state index in [1.807, 2.05) is 0 Å². The molecular formula is C12H27N3O. The molecule has 0 saturated carbocycles. The summed E-state index contributed by atoms with van der Waals surface area (Å²) in [6.45, 7) is 5.81. The zero-order valence-corrected chi connectivity index (χ0v) is 10.7. The molecule has 0 aliphatic rings. The third-order valence-electron chi connectivity index (χ3n) is 2.66. The van der Waals surface area contributed by atoms with Crippen molar-refractivity contribution in [3.63, 3.8) is 0 Å². The number of rotatable bonds is 10. The standard InChI is InChI=1S/C12H27N3O/c1-3-4-5-6-7-8-11(2)14-9-10-15-12(13)16/h11,14H,3-10H2,1-2H3,(H3,13,15,16). The third kappa shape index (κ3) is 11.3. The first-order valence-electron chi connectivity index (χ1n) is 6.43. The number of nitrogens with one attached hydrogen (secondary N) is 2. The SMILES string of the molecule is CCCCCCCC(C)NCCNC(N)=O. The number of carbonyl (C=O) groups is 1. The summed E-state index contributed by atoms with van der Waals surface area (Å²) in [6, 6.07) is 0.0744. The number of hydrogen-bond acceptors (Lipinski definition) is 2. The van der Waals surface area contributed by atoms with Crippen LogP contribution in [0.5, 0.6) is 0 Å². The number of carbonyl (C=O) groups excluding carboxylic acids is 1. The van der Waals surface area contributed by atoms with Gasteiger partial charge in [-0.3, -0.25) is 0 Å². The Balaban J connectivity index is 3.18. The summed E-state index contributed by atoms with van der Waals surface area (Å²) in [4.78, 5) is 10.4. The molecule has 2 amide bonds. The zero-order valence-electron chi connectivity index (χ0n) is 10.7. The molecule has 0 aromatic heterocycles. The topological polar surface area (TPSA) is 67.2 Å². The van der Waals surface area contributed by atoms with Gasteiger partial charge < -0.3 is 16.4 Å². The van der Waals surface area contributed by atoms with Crippen molar-refractivity contribution in [1.29, 1.82) is 0 Å². The molecule has 0 aliphatic carbocycles. The summed E-state index contributed by atoms with van der Waals surface area (Å²) < 4.78 is 0. The molecule has 0 heterocycles. The smallest absolute Gasteiger partial charge is 0.312 e. The predicted molar refractivity (Wildman–Crippen MR) is 68.4 cm³/mol. The van der Waals surface area contributed by atoms with Crippen molar-refractivity contribution in [2.75, 3.05) is 13.1 Å². The van der Waals surface area contributed by atoms with Gasteiger partial charge in [-0.15, -0.1) is 0 Å². The van der Waals surface area contributed by atoms with Gasteiger partial charge in [0.05, 0.1) is 0 Å². The molecule has 1 atom stereocenters. The first kappa shape index (κ1) is 15.2. The Morgan fingerprint density at radius 1 is 1.19 bits per heavy atom. The van der Waals surface area contributed by atoms with Crippen molar-refractivity contribution in [3.05, 3.63) is 0 Å². The van der Waals surface area contributed by atoms with E-state index in [2.05, 4.69) is 24.5 Å². The summed E-state index contributed by atoms with van der Waals surface area (Å²) in [5, 5.41) is 5.92. The predicted octanol–water partition coefficient (Wildman–Crippen LogP) is 1.99. The monoisotopic (exact) mass is 229 g/mol. The van der Waals surface area contributed by atoms with E-state index in [-0.39, 0.29) is 0 Å². The fourth-order valence-electron chi connectivity index (χ4n) is 1.66. The minimum atomic E-state index is -0.450. The van der Waals surface area contributed by atoms with Crippen molar-refractivity contribution >= 4 is 6.03 Å². The average molecular weight is 229 g/mol. The van der Waals surface area contributed by atoms with E-state index in [1.165, 1.54) is 38.5 Å². The summed E-state index contributed by atoms with van der Waals surface area (Å²) in [5.74, 6) is 0. The quantitative estimate of drug-likeness (QED) is 0.501. The minimum Gasteiger partial charge on any atom is -0.352 e. The Morgan fingerprint density at radius 3 is 2.50 bits per heavy atom. The van der Waals surface area contributed by atoms with E-state index in [1.54, 1.807) is 0 Å². The summed E-state index contributed by atoms with van der Waals surface area (Å²) in [7, 11) is 0. The molecule has 96 valence electrons. The van der Waals surface area contributed by atoms with Crippen LogP contribution in [0.1, 0.15) is 52.4 Å². The molecule has 4 N–H and O–H groups in total. The molecular weight excluding hydrogens is 202 g/mol. The lowest BCUT2D eigenvalue weighted by molar-refractivity contribution is 0.248. The number of unbranched alkanes of at least 4 members (excludes halogenated alkanes) is 4. The molecule has 0 radical (unpaired) electrons. The average Bonchev–Trinajstić information content (AvgIpc) is 2.24. The van der Waals surface area contributed by atoms with Crippen LogP contribution in [0.3, 0.4) is 0 Å². The van der Waals surface area contributed by atoms with Crippen LogP contribution in [0.2, 0.25) is 0 Å². The summed E-state index contributed by atoms with van der Waals surface area (Å²) in [5.41, 5.74) is 4.96. The maximum absolute atomic E-state index is 10.4. The molecule has 0 rings (SSSR count). The number of amides is 2. The van der Waals surface area contributed by atoms with E-state index < -0.39 is 6.03 Å². The lowest BCUT2D eigenvalue weighted by Gasteiger charge is -2.13. The summed E-state index contributed by atoms with van der Waals surface area (Å²) in [6.07, 6.45) is 7.83. The van der Waals surface area contributed by atoms with Gasteiger partial charge in [0, 0.05) is 19.1 Å². The first-order valence-corrected chi connectivity index (χ1v) is 6.43. The van der Waals surface area contributed by atoms with Gasteiger partial charge in [0.15, 0.2) is 0 Å². The molecule has 0 aromatic rings. The van der Waals surface area contributed by atoms with Gasteiger partial charge in [0.25, 0.3) is 0 Å². The lowest BCUT2D eigenvalue weighted by Crippen LogP contribution is -2.38. The normalized spacial score (nSPS) is 12.4. The molecule has 16 heavy (non-hydrogen) atoms. The van der Waals surface area contributed by atoms with Gasteiger partial charge in [0.1, 0.15) is 0 Å². The Hall–Kier alpha value is -0.770. The Bertz CT molecular complexity index is 174. The lowest BCUT2D eigenvalue weighted by atomic mass is 10.1. The highest BCUT2D eigenvalue weighted by Gasteiger charge is 2.00. The van der Waals surface area contributed by atoms with Crippen molar-refractivity contribution in [2.24, 2.45) is 5.73 Å². The molecule has 1 unspecified atom stereocenters. The molecule has 4 nitrogen and oxygen atoms in total. The number of urea groups is 1. The van der Waals surface area contributed by atoms with Crippen molar-refractivity contribution < 1.29 is 4.79 Å². The Kier molecular flexibility index (Phi) is 10.2. The van der Waals surface area contributed by atoms with E-state index in [9.17, 15) is 4.79 Å². The van der Waals surface area contributed by atoms with Crippen LogP contribution in [0.15, 0.2) is 0 Å². The molecule has 0 bridgehead atoms. The van der Waals surface area contributed by atoms with Crippen LogP contribution in [0, 0.1) is 0 Å². The maximum Gasteiger partial charge on any atom is 0.312 e. The highest BCUT2D eigenvalue weighted by atomic mass is 16.2. The molecule has 4 heteroatoms. The third-order valence-corrected chi connectivity index (χ3v) is 2.66. The van der Waals surface area contributed by atoms with E-state index in [0.717, 1.165) is 6.54 Å². The van der Waals surface area contributed by atoms with Crippen LogP contribution < -0.4 is 16.4 Å². The number of primary amides is 1. The van der Waals surface area contributed by atoms with Gasteiger partial charge in [-0.05, 0) is 13.3 Å². The molecule has 0 saturated heterocycles. The molecule has 0 fully saturated rings. The van der Waals surface area contributed by atoms with Crippen molar-refractivity contribution in [1.82, 2.24) is 10.6 Å². The van der Waals surface area contributed by atoms with Gasteiger partial charge in [0.2, 0.25) is 0 Å². The maximum atomic E-state index is 10.4. The van der Waals surface area contributed by atoms with Crippen LogP contribution in [-0.2, 0) is 0 Å². The number of nitrogens with two attached hydrogens (primary N) is 1. The Morgan fingerprint density at radius 2 is 1.88 bits per heavy atom. The van der Waals surface area contributed by atoms with Gasteiger partial charge in [-0.1, -0.05) is 39.0 Å². The summed E-state index contributed by atoms with van der Waals surface area (Å²) >= 11 is 0. The van der Waals surface area contributed by atoms with E-state index in [0.29, 0.717) is 12.6 Å². The second-order valence-electron chi connectivity index (χ2n) is 4.35. The van der Waals surface area contributed by atoms with Crippen LogP contribution >= 0.6 is 0 Å². The second kappa shape index (κ2) is 10.7. The zero-order chi connectivity index (χ0) is 12.2. The van der Waals surface area contributed by atoms with Crippen LogP contribution in [0.25, 0.3) is 0 Å². The van der Waals surface area contributed by atoms with E-state index >= 15 is 0 Å². The Labute approximate surface area is 99.4 Å². The molecule has 0 aromatic carbocycles.